The lowest BCUT2D eigenvalue weighted by atomic mass is 10.2. The number of rotatable bonds is 5. The van der Waals surface area contributed by atoms with E-state index in [4.69, 9.17) is 16.3 Å². The predicted octanol–water partition coefficient (Wildman–Crippen LogP) is 3.04. The van der Waals surface area contributed by atoms with Gasteiger partial charge in [0.25, 0.3) is 0 Å². The first kappa shape index (κ1) is 13.8. The zero-order chi connectivity index (χ0) is 12.8. The van der Waals surface area contributed by atoms with E-state index in [9.17, 15) is 9.18 Å². The van der Waals surface area contributed by atoms with Crippen molar-refractivity contribution in [3.63, 3.8) is 0 Å². The monoisotopic (exact) mass is 259 g/mol. The fourth-order valence-electron chi connectivity index (χ4n) is 1.19. The third-order valence-corrected chi connectivity index (χ3v) is 2.64. The van der Waals surface area contributed by atoms with E-state index in [2.05, 4.69) is 5.32 Å². The zero-order valence-electron chi connectivity index (χ0n) is 9.80. The molecule has 0 aromatic heterocycles. The molecule has 1 amide bonds. The van der Waals surface area contributed by atoms with Gasteiger partial charge in [0.1, 0.15) is 0 Å². The SMILES string of the molecule is CCOc1ccc(NC(=O)C(C)CCl)cc1F. The maximum Gasteiger partial charge on any atom is 0.228 e. The molecule has 94 valence electrons. The highest BCUT2D eigenvalue weighted by atomic mass is 35.5. The first-order valence-corrected chi connectivity index (χ1v) is 5.91. The van der Waals surface area contributed by atoms with Crippen LogP contribution in [0.25, 0.3) is 0 Å². The van der Waals surface area contributed by atoms with Crippen molar-refractivity contribution in [1.82, 2.24) is 0 Å². The second-order valence-electron chi connectivity index (χ2n) is 3.62. The van der Waals surface area contributed by atoms with Crippen molar-refractivity contribution >= 4 is 23.2 Å². The van der Waals surface area contributed by atoms with Gasteiger partial charge in [0, 0.05) is 23.6 Å². The summed E-state index contributed by atoms with van der Waals surface area (Å²) in [5.74, 6) is -0.639. The lowest BCUT2D eigenvalue weighted by molar-refractivity contribution is -0.118. The molecule has 0 bridgehead atoms. The Labute approximate surface area is 105 Å². The van der Waals surface area contributed by atoms with Crippen LogP contribution >= 0.6 is 11.6 Å². The van der Waals surface area contributed by atoms with E-state index >= 15 is 0 Å². The number of amides is 1. The van der Waals surface area contributed by atoms with Crippen molar-refractivity contribution in [2.24, 2.45) is 5.92 Å². The van der Waals surface area contributed by atoms with Crippen LogP contribution in [0.4, 0.5) is 10.1 Å². The van der Waals surface area contributed by atoms with Crippen LogP contribution in [0.5, 0.6) is 5.75 Å². The Hall–Kier alpha value is -1.29. The van der Waals surface area contributed by atoms with E-state index < -0.39 is 5.82 Å². The normalized spacial score (nSPS) is 12.0. The molecule has 5 heteroatoms. The van der Waals surface area contributed by atoms with E-state index in [1.165, 1.54) is 12.1 Å². The molecule has 0 aliphatic heterocycles. The van der Waals surface area contributed by atoms with Gasteiger partial charge in [0.05, 0.1) is 6.61 Å². The zero-order valence-corrected chi connectivity index (χ0v) is 10.6. The van der Waals surface area contributed by atoms with Crippen LogP contribution in [0.15, 0.2) is 18.2 Å². The van der Waals surface area contributed by atoms with Crippen LogP contribution < -0.4 is 10.1 Å². The summed E-state index contributed by atoms with van der Waals surface area (Å²) in [7, 11) is 0. The molecule has 1 aromatic carbocycles. The molecule has 0 aliphatic rings. The van der Waals surface area contributed by atoms with Crippen molar-refractivity contribution in [2.75, 3.05) is 17.8 Å². The highest BCUT2D eigenvalue weighted by Gasteiger charge is 2.12. The topological polar surface area (TPSA) is 38.3 Å². The van der Waals surface area contributed by atoms with Crippen molar-refractivity contribution in [3.05, 3.63) is 24.0 Å². The minimum atomic E-state index is -0.497. The standard InChI is InChI=1S/C12H15ClFNO2/c1-3-17-11-5-4-9(6-10(11)14)15-12(16)8(2)7-13/h4-6,8H,3,7H2,1-2H3,(H,15,16). The molecule has 1 rings (SSSR count). The number of carbonyl (C=O) groups is 1. The highest BCUT2D eigenvalue weighted by Crippen LogP contribution is 2.21. The van der Waals surface area contributed by atoms with Gasteiger partial charge in [-0.3, -0.25) is 4.79 Å². The summed E-state index contributed by atoms with van der Waals surface area (Å²) in [6.45, 7) is 3.87. The summed E-state index contributed by atoms with van der Waals surface area (Å²) in [6.07, 6.45) is 0. The molecule has 1 unspecified atom stereocenters. The molecule has 0 aliphatic carbocycles. The molecule has 1 aromatic rings. The second-order valence-corrected chi connectivity index (χ2v) is 3.93. The molecule has 0 fully saturated rings. The average molecular weight is 260 g/mol. The van der Waals surface area contributed by atoms with E-state index in [1.54, 1.807) is 19.9 Å². The van der Waals surface area contributed by atoms with Gasteiger partial charge in [-0.25, -0.2) is 4.39 Å². The number of nitrogens with one attached hydrogen (secondary N) is 1. The van der Waals surface area contributed by atoms with Gasteiger partial charge in [0.15, 0.2) is 11.6 Å². The van der Waals surface area contributed by atoms with Gasteiger partial charge in [-0.1, -0.05) is 6.92 Å². The van der Waals surface area contributed by atoms with E-state index in [0.717, 1.165) is 0 Å². The van der Waals surface area contributed by atoms with Crippen molar-refractivity contribution in [2.45, 2.75) is 13.8 Å². The molecule has 0 heterocycles. The van der Waals surface area contributed by atoms with Crippen LogP contribution in [0.1, 0.15) is 13.8 Å². The van der Waals surface area contributed by atoms with Gasteiger partial charge in [0.2, 0.25) is 5.91 Å². The number of carbonyl (C=O) groups excluding carboxylic acids is 1. The fourth-order valence-corrected chi connectivity index (χ4v) is 1.33. The Bertz CT molecular complexity index is 398. The summed E-state index contributed by atoms with van der Waals surface area (Å²) in [5.41, 5.74) is 0.396. The van der Waals surface area contributed by atoms with E-state index in [0.29, 0.717) is 12.3 Å². The first-order chi connectivity index (χ1) is 8.08. The largest absolute Gasteiger partial charge is 0.491 e. The summed E-state index contributed by atoms with van der Waals surface area (Å²) in [4.78, 5) is 11.5. The van der Waals surface area contributed by atoms with Crippen LogP contribution in [0, 0.1) is 11.7 Å². The molecule has 0 radical (unpaired) electrons. The Balaban J connectivity index is 2.73. The van der Waals surface area contributed by atoms with Gasteiger partial charge >= 0.3 is 0 Å². The Morgan fingerprint density at radius 1 is 1.59 bits per heavy atom. The molecule has 0 saturated carbocycles. The van der Waals surface area contributed by atoms with Crippen LogP contribution in [-0.2, 0) is 4.79 Å². The molecule has 1 N–H and O–H groups in total. The molecule has 1 atom stereocenters. The lowest BCUT2D eigenvalue weighted by Crippen LogP contribution is -2.21. The third-order valence-electron chi connectivity index (χ3n) is 2.18. The van der Waals surface area contributed by atoms with Crippen LogP contribution in [-0.4, -0.2) is 18.4 Å². The van der Waals surface area contributed by atoms with E-state index in [-0.39, 0.29) is 23.5 Å². The molecular formula is C12H15ClFNO2. The fraction of sp³-hybridized carbons (Fsp3) is 0.417. The molecule has 0 saturated heterocycles. The predicted molar refractivity (Wildman–Crippen MR) is 66.1 cm³/mol. The summed E-state index contributed by atoms with van der Waals surface area (Å²) in [5, 5.41) is 2.58. The molecule has 0 spiro atoms. The van der Waals surface area contributed by atoms with Crippen molar-refractivity contribution in [3.8, 4) is 5.75 Å². The Morgan fingerprint density at radius 2 is 2.29 bits per heavy atom. The number of hydrogen-bond acceptors (Lipinski definition) is 2. The smallest absolute Gasteiger partial charge is 0.228 e. The van der Waals surface area contributed by atoms with Gasteiger partial charge in [-0.2, -0.15) is 0 Å². The van der Waals surface area contributed by atoms with Crippen LogP contribution in [0.3, 0.4) is 0 Å². The first-order valence-electron chi connectivity index (χ1n) is 5.37. The Kier molecular flexibility index (Phi) is 5.22. The third kappa shape index (κ3) is 3.89. The molecular weight excluding hydrogens is 245 g/mol. The van der Waals surface area contributed by atoms with Gasteiger partial charge < -0.3 is 10.1 Å². The van der Waals surface area contributed by atoms with Crippen LogP contribution in [0.2, 0.25) is 0 Å². The van der Waals surface area contributed by atoms with Gasteiger partial charge in [-0.05, 0) is 19.1 Å². The number of ether oxygens (including phenoxy) is 1. The number of anilines is 1. The number of benzene rings is 1. The molecule has 3 nitrogen and oxygen atoms in total. The summed E-state index contributed by atoms with van der Waals surface area (Å²) in [6, 6.07) is 4.30. The number of halogens is 2. The second kappa shape index (κ2) is 6.45. The van der Waals surface area contributed by atoms with Crippen molar-refractivity contribution in [1.29, 1.82) is 0 Å². The quantitative estimate of drug-likeness (QED) is 0.826. The van der Waals surface area contributed by atoms with E-state index in [1.807, 2.05) is 0 Å². The summed E-state index contributed by atoms with van der Waals surface area (Å²) >= 11 is 5.56. The minimum Gasteiger partial charge on any atom is -0.491 e. The number of alkyl halides is 1. The average Bonchev–Trinajstić information content (AvgIpc) is 2.31. The summed E-state index contributed by atoms with van der Waals surface area (Å²) < 4.78 is 18.5. The molecule has 17 heavy (non-hydrogen) atoms. The van der Waals surface area contributed by atoms with Crippen molar-refractivity contribution < 1.29 is 13.9 Å². The number of hydrogen-bond donors (Lipinski definition) is 1. The highest BCUT2D eigenvalue weighted by molar-refractivity contribution is 6.19. The lowest BCUT2D eigenvalue weighted by Gasteiger charge is -2.10. The minimum absolute atomic E-state index is 0.177. The van der Waals surface area contributed by atoms with Gasteiger partial charge in [-0.15, -0.1) is 11.6 Å². The maximum atomic E-state index is 13.5. The Morgan fingerprint density at radius 3 is 2.82 bits per heavy atom. The maximum absolute atomic E-state index is 13.5.